The van der Waals surface area contributed by atoms with Crippen molar-refractivity contribution in [1.29, 1.82) is 5.26 Å². The highest BCUT2D eigenvalue weighted by Crippen LogP contribution is 2.29. The van der Waals surface area contributed by atoms with Gasteiger partial charge in [0.05, 0.1) is 12.4 Å². The van der Waals surface area contributed by atoms with Crippen molar-refractivity contribution in [3.05, 3.63) is 59.2 Å². The van der Waals surface area contributed by atoms with Crippen LogP contribution in [0.1, 0.15) is 25.0 Å². The molecule has 2 aromatic carbocycles. The number of nitriles is 1. The van der Waals surface area contributed by atoms with Crippen molar-refractivity contribution in [2.24, 2.45) is 0 Å². The van der Waals surface area contributed by atoms with E-state index in [-0.39, 0.29) is 28.2 Å². The molecule has 0 unspecified atom stereocenters. The van der Waals surface area contributed by atoms with Gasteiger partial charge < -0.3 is 14.2 Å². The maximum absolute atomic E-state index is 12.6. The number of nitrogens with zero attached hydrogens (tertiary/aromatic N) is 3. The SMILES string of the molecule is CCOc1cc(/C=C(/C#N)C(=O)Nc2nc(S(=O)(=O)CC)ns2)ccc1OCCOc1ccc(C)cc1. The molecule has 0 atom stereocenters. The number of aromatic nitrogens is 2. The molecule has 0 aliphatic rings. The number of rotatable bonds is 12. The summed E-state index contributed by atoms with van der Waals surface area (Å²) >= 11 is 0.718. The fraction of sp³-hybridized carbons (Fsp3) is 0.280. The number of ether oxygens (including phenoxy) is 3. The molecule has 0 saturated carbocycles. The topological polar surface area (TPSA) is 140 Å². The third-order valence-corrected chi connectivity index (χ3v) is 7.11. The lowest BCUT2D eigenvalue weighted by Gasteiger charge is -2.13. The summed E-state index contributed by atoms with van der Waals surface area (Å²) in [5.41, 5.74) is 1.47. The number of hydrogen-bond acceptors (Lipinski definition) is 10. The Hall–Kier alpha value is -3.95. The van der Waals surface area contributed by atoms with Gasteiger partial charge >= 0.3 is 0 Å². The molecule has 3 rings (SSSR count). The minimum atomic E-state index is -3.60. The van der Waals surface area contributed by atoms with Crippen LogP contribution in [0.15, 0.2) is 53.2 Å². The first-order valence-corrected chi connectivity index (χ1v) is 13.8. The van der Waals surface area contributed by atoms with Gasteiger partial charge in [-0.3, -0.25) is 10.1 Å². The van der Waals surface area contributed by atoms with E-state index in [9.17, 15) is 18.5 Å². The highest BCUT2D eigenvalue weighted by Gasteiger charge is 2.20. The smallest absolute Gasteiger partial charge is 0.268 e. The van der Waals surface area contributed by atoms with E-state index < -0.39 is 15.7 Å². The highest BCUT2D eigenvalue weighted by atomic mass is 32.2. The van der Waals surface area contributed by atoms with Gasteiger partial charge in [-0.2, -0.15) is 14.6 Å². The molecule has 1 N–H and O–H groups in total. The first-order valence-electron chi connectivity index (χ1n) is 11.3. The van der Waals surface area contributed by atoms with Crippen molar-refractivity contribution in [2.45, 2.75) is 25.9 Å². The van der Waals surface area contributed by atoms with Crippen LogP contribution in [0.5, 0.6) is 17.2 Å². The average molecular weight is 543 g/mol. The Morgan fingerprint density at radius 2 is 1.81 bits per heavy atom. The average Bonchev–Trinajstić information content (AvgIpc) is 3.36. The zero-order chi connectivity index (χ0) is 26.8. The summed E-state index contributed by atoms with van der Waals surface area (Å²) in [6, 6.07) is 14.6. The van der Waals surface area contributed by atoms with Crippen LogP contribution in [0.3, 0.4) is 0 Å². The first kappa shape index (κ1) is 27.6. The number of carbonyl (C=O) groups is 1. The Bertz CT molecular complexity index is 1410. The second kappa shape index (κ2) is 12.8. The van der Waals surface area contributed by atoms with Crippen LogP contribution < -0.4 is 19.5 Å². The molecule has 0 aliphatic heterocycles. The van der Waals surface area contributed by atoms with E-state index in [0.717, 1.165) is 22.8 Å². The summed E-state index contributed by atoms with van der Waals surface area (Å²) < 4.78 is 44.7. The molecule has 194 valence electrons. The maximum atomic E-state index is 12.6. The summed E-state index contributed by atoms with van der Waals surface area (Å²) in [4.78, 5) is 16.4. The summed E-state index contributed by atoms with van der Waals surface area (Å²) in [5, 5.41) is 11.5. The fourth-order valence-electron chi connectivity index (χ4n) is 2.94. The molecule has 0 aliphatic carbocycles. The second-order valence-corrected chi connectivity index (χ2v) is 10.5. The number of aryl methyl sites for hydroxylation is 1. The molecular weight excluding hydrogens is 516 g/mol. The number of sulfone groups is 1. The predicted molar refractivity (Wildman–Crippen MR) is 140 cm³/mol. The molecule has 0 spiro atoms. The molecule has 3 aromatic rings. The van der Waals surface area contributed by atoms with E-state index in [0.29, 0.717) is 30.3 Å². The van der Waals surface area contributed by atoms with Crippen LogP contribution in [0, 0.1) is 18.3 Å². The monoisotopic (exact) mass is 542 g/mol. The van der Waals surface area contributed by atoms with Gasteiger partial charge in [-0.25, -0.2) is 8.42 Å². The summed E-state index contributed by atoms with van der Waals surface area (Å²) in [7, 11) is -3.60. The van der Waals surface area contributed by atoms with Crippen molar-refractivity contribution in [2.75, 3.05) is 30.9 Å². The minimum absolute atomic E-state index is 0.0233. The van der Waals surface area contributed by atoms with Gasteiger partial charge in [-0.15, -0.1) is 0 Å². The van der Waals surface area contributed by atoms with Gasteiger partial charge in [-0.1, -0.05) is 30.7 Å². The number of amides is 1. The van der Waals surface area contributed by atoms with Crippen LogP contribution >= 0.6 is 11.5 Å². The zero-order valence-corrected chi connectivity index (χ0v) is 22.2. The molecule has 1 heterocycles. The van der Waals surface area contributed by atoms with Gasteiger partial charge in [0.15, 0.2) is 11.5 Å². The van der Waals surface area contributed by atoms with Crippen molar-refractivity contribution in [3.8, 4) is 23.3 Å². The van der Waals surface area contributed by atoms with Crippen molar-refractivity contribution >= 4 is 38.5 Å². The van der Waals surface area contributed by atoms with E-state index in [1.165, 1.54) is 13.0 Å². The lowest BCUT2D eigenvalue weighted by atomic mass is 10.1. The Balaban J connectivity index is 1.67. The van der Waals surface area contributed by atoms with Crippen LogP contribution in [0.2, 0.25) is 0 Å². The normalized spacial score (nSPS) is 11.5. The van der Waals surface area contributed by atoms with Crippen LogP contribution in [0.4, 0.5) is 5.13 Å². The second-order valence-electron chi connectivity index (χ2n) is 7.56. The molecule has 1 amide bonds. The van der Waals surface area contributed by atoms with Crippen molar-refractivity contribution in [3.63, 3.8) is 0 Å². The van der Waals surface area contributed by atoms with E-state index >= 15 is 0 Å². The highest BCUT2D eigenvalue weighted by molar-refractivity contribution is 7.91. The molecule has 37 heavy (non-hydrogen) atoms. The van der Waals surface area contributed by atoms with E-state index in [4.69, 9.17) is 14.2 Å². The summed E-state index contributed by atoms with van der Waals surface area (Å²) in [6.07, 6.45) is 1.38. The third kappa shape index (κ3) is 7.77. The number of nitrogens with one attached hydrogen (secondary N) is 1. The van der Waals surface area contributed by atoms with Crippen LogP contribution in [0.25, 0.3) is 6.08 Å². The van der Waals surface area contributed by atoms with Crippen LogP contribution in [-0.4, -0.2) is 49.3 Å². The van der Waals surface area contributed by atoms with E-state index in [1.54, 1.807) is 18.2 Å². The molecule has 0 radical (unpaired) electrons. The Kier molecular flexibility index (Phi) is 9.59. The summed E-state index contributed by atoms with van der Waals surface area (Å²) in [5.74, 6) is 0.780. The van der Waals surface area contributed by atoms with Gasteiger partial charge in [-0.05, 0) is 49.8 Å². The third-order valence-electron chi connectivity index (χ3n) is 4.86. The molecule has 0 saturated heterocycles. The Morgan fingerprint density at radius 3 is 2.49 bits per heavy atom. The summed E-state index contributed by atoms with van der Waals surface area (Å²) in [6.45, 7) is 6.31. The fourth-order valence-corrected chi connectivity index (χ4v) is 4.53. The number of hydrogen-bond donors (Lipinski definition) is 1. The lowest BCUT2D eigenvalue weighted by molar-refractivity contribution is -0.112. The molecule has 12 heteroatoms. The zero-order valence-electron chi connectivity index (χ0n) is 20.6. The first-order chi connectivity index (χ1) is 17.7. The Morgan fingerprint density at radius 1 is 1.08 bits per heavy atom. The molecule has 1 aromatic heterocycles. The van der Waals surface area contributed by atoms with Gasteiger partial charge in [0, 0.05) is 11.5 Å². The van der Waals surface area contributed by atoms with Crippen LogP contribution in [-0.2, 0) is 14.6 Å². The van der Waals surface area contributed by atoms with Crippen molar-refractivity contribution < 1.29 is 27.4 Å². The van der Waals surface area contributed by atoms with Crippen molar-refractivity contribution in [1.82, 2.24) is 9.36 Å². The van der Waals surface area contributed by atoms with Gasteiger partial charge in [0.2, 0.25) is 15.0 Å². The quantitative estimate of drug-likeness (QED) is 0.204. The molecule has 10 nitrogen and oxygen atoms in total. The number of benzene rings is 2. The number of anilines is 1. The molecule has 0 fully saturated rings. The molecule has 0 bridgehead atoms. The maximum Gasteiger partial charge on any atom is 0.268 e. The molecular formula is C25H26N4O6S2. The standard InChI is InChI=1S/C25H26N4O6S2/c1-4-33-22-15-18(8-11-21(22)35-13-12-34-20-9-6-17(3)7-10-20)14-19(16-26)23(30)27-24-28-25(29-36-24)37(31,32)5-2/h6-11,14-15H,4-5,12-13H2,1-3H3,(H,27,28,29,30)/b19-14-. The van der Waals surface area contributed by atoms with Gasteiger partial charge in [0.1, 0.15) is 30.6 Å². The van der Waals surface area contributed by atoms with Gasteiger partial charge in [0.25, 0.3) is 11.1 Å². The largest absolute Gasteiger partial charge is 0.490 e. The van der Waals surface area contributed by atoms with E-state index in [2.05, 4.69) is 14.7 Å². The van der Waals surface area contributed by atoms with E-state index in [1.807, 2.05) is 44.2 Å². The lowest BCUT2D eigenvalue weighted by Crippen LogP contribution is -2.14. The minimum Gasteiger partial charge on any atom is -0.490 e. The number of carbonyl (C=O) groups excluding carboxylic acids is 1. The predicted octanol–water partition coefficient (Wildman–Crippen LogP) is 4.04. The Labute approximate surface area is 219 Å².